The van der Waals surface area contributed by atoms with E-state index in [1.165, 1.54) is 0 Å². The van der Waals surface area contributed by atoms with E-state index in [0.717, 1.165) is 5.69 Å². The van der Waals surface area contributed by atoms with Gasteiger partial charge in [-0.05, 0) is 32.0 Å². The van der Waals surface area contributed by atoms with Gasteiger partial charge in [0.2, 0.25) is 11.3 Å². The molecule has 4 heterocycles. The van der Waals surface area contributed by atoms with Crippen LogP contribution in [-0.4, -0.2) is 44.5 Å². The Kier molecular flexibility index (Phi) is 4.81. The molecule has 0 radical (unpaired) electrons. The molecule has 28 heavy (non-hydrogen) atoms. The summed E-state index contributed by atoms with van der Waals surface area (Å²) >= 11 is 0. The standard InChI is InChI=1S/C21H22N4O3/c1-3-24-13-17(19(26)16-8-7-14(2)23-20(16)24)21(27)25-11-9-15(12-25)28-18-6-4-5-10-22-18/h4-8,10,13,15H,3,9,11-12H2,1-2H3. The number of aryl methyl sites for hydroxylation is 2. The number of nitrogens with zero attached hydrogens (tertiary/aromatic N) is 4. The van der Waals surface area contributed by atoms with E-state index < -0.39 is 0 Å². The summed E-state index contributed by atoms with van der Waals surface area (Å²) in [5.74, 6) is 0.282. The van der Waals surface area contributed by atoms with E-state index in [4.69, 9.17) is 4.74 Å². The Labute approximate surface area is 162 Å². The number of ether oxygens (including phenoxy) is 1. The Hall–Kier alpha value is -3.22. The highest BCUT2D eigenvalue weighted by atomic mass is 16.5. The third-order valence-electron chi connectivity index (χ3n) is 4.99. The molecular formula is C21H22N4O3. The molecule has 144 valence electrons. The van der Waals surface area contributed by atoms with Crippen LogP contribution < -0.4 is 10.2 Å². The summed E-state index contributed by atoms with van der Waals surface area (Å²) in [5.41, 5.74) is 1.36. The molecule has 0 spiro atoms. The Balaban J connectivity index is 1.60. The zero-order valence-corrected chi connectivity index (χ0v) is 16.0. The smallest absolute Gasteiger partial charge is 0.259 e. The first kappa shape index (κ1) is 18.2. The van der Waals surface area contributed by atoms with Gasteiger partial charge in [0.25, 0.3) is 5.91 Å². The molecule has 7 nitrogen and oxygen atoms in total. The fourth-order valence-electron chi connectivity index (χ4n) is 3.52. The summed E-state index contributed by atoms with van der Waals surface area (Å²) in [6.07, 6.45) is 3.88. The predicted octanol–water partition coefficient (Wildman–Crippen LogP) is 2.41. The van der Waals surface area contributed by atoms with Gasteiger partial charge in [0, 0.05) is 43.7 Å². The first-order chi connectivity index (χ1) is 13.6. The molecule has 0 aliphatic carbocycles. The van der Waals surface area contributed by atoms with Gasteiger partial charge >= 0.3 is 0 Å². The van der Waals surface area contributed by atoms with Crippen LogP contribution in [0.15, 0.2) is 47.5 Å². The molecule has 7 heteroatoms. The van der Waals surface area contributed by atoms with Gasteiger partial charge in [-0.3, -0.25) is 9.59 Å². The summed E-state index contributed by atoms with van der Waals surface area (Å²) < 4.78 is 7.71. The second kappa shape index (κ2) is 7.42. The van der Waals surface area contributed by atoms with Gasteiger partial charge in [-0.2, -0.15) is 0 Å². The van der Waals surface area contributed by atoms with Crippen molar-refractivity contribution in [1.29, 1.82) is 0 Å². The number of fused-ring (bicyclic) bond motifs is 1. The lowest BCUT2D eigenvalue weighted by Crippen LogP contribution is -2.34. The first-order valence-electron chi connectivity index (χ1n) is 9.44. The molecule has 1 aliphatic rings. The molecule has 0 bridgehead atoms. The average Bonchev–Trinajstić information content (AvgIpc) is 3.17. The minimum Gasteiger partial charge on any atom is -0.472 e. The number of hydrogen-bond acceptors (Lipinski definition) is 5. The van der Waals surface area contributed by atoms with Crippen LogP contribution >= 0.6 is 0 Å². The SMILES string of the molecule is CCn1cc(C(=O)N2CCC(Oc3ccccn3)C2)c(=O)c2ccc(C)nc21. The molecule has 3 aromatic rings. The number of hydrogen-bond donors (Lipinski definition) is 0. The van der Waals surface area contributed by atoms with Crippen LogP contribution in [0, 0.1) is 6.92 Å². The summed E-state index contributed by atoms with van der Waals surface area (Å²) in [4.78, 5) is 36.3. The van der Waals surface area contributed by atoms with Gasteiger partial charge in [-0.1, -0.05) is 6.07 Å². The molecule has 1 aliphatic heterocycles. The van der Waals surface area contributed by atoms with E-state index in [1.807, 2.05) is 30.5 Å². The molecule has 3 aromatic heterocycles. The zero-order chi connectivity index (χ0) is 19.7. The van der Waals surface area contributed by atoms with Gasteiger partial charge in [-0.15, -0.1) is 0 Å². The highest BCUT2D eigenvalue weighted by Gasteiger charge is 2.30. The van der Waals surface area contributed by atoms with Crippen molar-refractivity contribution >= 4 is 16.9 Å². The molecule has 0 N–H and O–H groups in total. The minimum atomic E-state index is -0.272. The monoisotopic (exact) mass is 378 g/mol. The summed E-state index contributed by atoms with van der Waals surface area (Å²) in [6.45, 7) is 5.46. The maximum atomic E-state index is 13.1. The Morgan fingerprint density at radius 1 is 1.29 bits per heavy atom. The lowest BCUT2D eigenvalue weighted by atomic mass is 10.1. The van der Waals surface area contributed by atoms with Crippen LogP contribution in [-0.2, 0) is 6.54 Å². The second-order valence-corrected chi connectivity index (χ2v) is 6.93. The molecular weight excluding hydrogens is 356 g/mol. The molecule has 1 fully saturated rings. The van der Waals surface area contributed by atoms with Crippen molar-refractivity contribution < 1.29 is 9.53 Å². The summed E-state index contributed by atoms with van der Waals surface area (Å²) in [5, 5.41) is 0.471. The Bertz CT molecular complexity index is 1080. The third-order valence-corrected chi connectivity index (χ3v) is 4.99. The number of pyridine rings is 3. The predicted molar refractivity (Wildman–Crippen MR) is 106 cm³/mol. The summed E-state index contributed by atoms with van der Waals surface area (Å²) in [6, 6.07) is 9.03. The van der Waals surface area contributed by atoms with Crippen LogP contribution in [0.5, 0.6) is 5.88 Å². The first-order valence-corrected chi connectivity index (χ1v) is 9.44. The van der Waals surface area contributed by atoms with E-state index in [9.17, 15) is 9.59 Å². The van der Waals surface area contributed by atoms with Gasteiger partial charge < -0.3 is 14.2 Å². The van der Waals surface area contributed by atoms with Crippen LogP contribution in [0.2, 0.25) is 0 Å². The highest BCUT2D eigenvalue weighted by molar-refractivity contribution is 5.97. The summed E-state index contributed by atoms with van der Waals surface area (Å²) in [7, 11) is 0. The maximum absolute atomic E-state index is 13.1. The van der Waals surface area contributed by atoms with E-state index >= 15 is 0 Å². The Morgan fingerprint density at radius 3 is 2.89 bits per heavy atom. The van der Waals surface area contributed by atoms with E-state index in [-0.39, 0.29) is 23.0 Å². The molecule has 4 rings (SSSR count). The molecule has 1 amide bonds. The molecule has 1 atom stereocenters. The highest BCUT2D eigenvalue weighted by Crippen LogP contribution is 2.19. The lowest BCUT2D eigenvalue weighted by Gasteiger charge is -2.18. The van der Waals surface area contributed by atoms with Crippen molar-refractivity contribution in [2.45, 2.75) is 32.9 Å². The topological polar surface area (TPSA) is 77.3 Å². The lowest BCUT2D eigenvalue weighted by molar-refractivity contribution is 0.0769. The molecule has 0 aromatic carbocycles. The fourth-order valence-corrected chi connectivity index (χ4v) is 3.52. The normalized spacial score (nSPS) is 16.5. The molecule has 1 saturated heterocycles. The number of likely N-dealkylation sites (tertiary alicyclic amines) is 1. The van der Waals surface area contributed by atoms with E-state index in [2.05, 4.69) is 9.97 Å². The van der Waals surface area contributed by atoms with Crippen molar-refractivity contribution in [2.24, 2.45) is 0 Å². The van der Waals surface area contributed by atoms with Crippen LogP contribution in [0.3, 0.4) is 0 Å². The van der Waals surface area contributed by atoms with Gasteiger partial charge in [0.05, 0.1) is 11.9 Å². The van der Waals surface area contributed by atoms with E-state index in [0.29, 0.717) is 43.0 Å². The largest absolute Gasteiger partial charge is 0.472 e. The number of rotatable bonds is 4. The van der Waals surface area contributed by atoms with Crippen LogP contribution in [0.4, 0.5) is 0 Å². The van der Waals surface area contributed by atoms with Crippen molar-refractivity contribution in [3.8, 4) is 5.88 Å². The number of carbonyl (C=O) groups is 1. The number of aromatic nitrogens is 3. The van der Waals surface area contributed by atoms with Gasteiger partial charge in [-0.25, -0.2) is 9.97 Å². The second-order valence-electron chi connectivity index (χ2n) is 6.93. The Morgan fingerprint density at radius 2 is 2.14 bits per heavy atom. The van der Waals surface area contributed by atoms with E-state index in [1.54, 1.807) is 35.5 Å². The maximum Gasteiger partial charge on any atom is 0.259 e. The number of amides is 1. The van der Waals surface area contributed by atoms with Crippen LogP contribution in [0.25, 0.3) is 11.0 Å². The van der Waals surface area contributed by atoms with Crippen molar-refractivity contribution in [3.05, 3.63) is 64.2 Å². The molecule has 0 saturated carbocycles. The average molecular weight is 378 g/mol. The van der Waals surface area contributed by atoms with Crippen molar-refractivity contribution in [1.82, 2.24) is 19.4 Å². The number of carbonyl (C=O) groups excluding carboxylic acids is 1. The molecule has 1 unspecified atom stereocenters. The van der Waals surface area contributed by atoms with Gasteiger partial charge in [0.1, 0.15) is 17.3 Å². The zero-order valence-electron chi connectivity index (χ0n) is 16.0. The van der Waals surface area contributed by atoms with Crippen molar-refractivity contribution in [2.75, 3.05) is 13.1 Å². The van der Waals surface area contributed by atoms with Gasteiger partial charge in [0.15, 0.2) is 0 Å². The quantitative estimate of drug-likeness (QED) is 0.697. The third kappa shape index (κ3) is 3.35. The van der Waals surface area contributed by atoms with Crippen LogP contribution in [0.1, 0.15) is 29.4 Å². The minimum absolute atomic E-state index is 0.128. The van der Waals surface area contributed by atoms with Crippen molar-refractivity contribution in [3.63, 3.8) is 0 Å². The fraction of sp³-hybridized carbons (Fsp3) is 0.333.